The van der Waals surface area contributed by atoms with E-state index in [9.17, 15) is 31.2 Å². The van der Waals surface area contributed by atoms with E-state index in [1.165, 1.54) is 55.5 Å². The first-order valence-corrected chi connectivity index (χ1v) is 17.5. The Labute approximate surface area is 260 Å². The minimum absolute atomic E-state index is 0.0372. The summed E-state index contributed by atoms with van der Waals surface area (Å²) in [4.78, 5) is 41.4. The molecule has 0 aliphatic carbocycles. The fourth-order valence-electron chi connectivity index (χ4n) is 5.13. The number of nitrogens with one attached hydrogen (secondary N) is 2. The zero-order valence-electron chi connectivity index (χ0n) is 25.7. The maximum absolute atomic E-state index is 16.3. The predicted molar refractivity (Wildman–Crippen MR) is 171 cm³/mol. The summed E-state index contributed by atoms with van der Waals surface area (Å²) in [6.45, 7) is 5.62. The van der Waals surface area contributed by atoms with E-state index >= 15 is 4.39 Å². The van der Waals surface area contributed by atoms with Crippen LogP contribution in [0.15, 0.2) is 46.1 Å². The quantitative estimate of drug-likeness (QED) is 0.348. The van der Waals surface area contributed by atoms with Gasteiger partial charge in [-0.15, -0.1) is 0 Å². The number of methoxy groups -OCH3 is 1. The zero-order chi connectivity index (χ0) is 33.5. The molecular formula is C30H35FN4O8S2. The van der Waals surface area contributed by atoms with Gasteiger partial charge in [-0.1, -0.05) is 32.9 Å². The third-order valence-electron chi connectivity index (χ3n) is 7.42. The van der Waals surface area contributed by atoms with Gasteiger partial charge in [-0.05, 0) is 41.7 Å². The number of benzene rings is 2. The molecule has 2 aromatic carbocycles. The van der Waals surface area contributed by atoms with Crippen LogP contribution < -0.4 is 20.7 Å². The SMILES string of the molecule is COc1c(C(C)(C)C)cc(-n2ccc(=O)[nH]c2=O)c(F)c1/C=C/c1ccc(NS(C)(=O)=O)cc1C(=O)N(C)C1CCS(=O)(=O)C1. The van der Waals surface area contributed by atoms with Gasteiger partial charge in [-0.25, -0.2) is 26.0 Å². The summed E-state index contributed by atoms with van der Waals surface area (Å²) in [6, 6.07) is 6.21. The Balaban J connectivity index is 1.91. The number of hydrogen-bond acceptors (Lipinski definition) is 8. The lowest BCUT2D eigenvalue weighted by atomic mass is 9.84. The van der Waals surface area contributed by atoms with Crippen LogP contribution in [0.25, 0.3) is 17.8 Å². The Morgan fingerprint density at radius 3 is 2.42 bits per heavy atom. The van der Waals surface area contributed by atoms with Crippen molar-refractivity contribution in [2.24, 2.45) is 0 Å². The number of anilines is 1. The molecule has 0 saturated carbocycles. The summed E-state index contributed by atoms with van der Waals surface area (Å²) in [5.41, 5.74) is -1.32. The van der Waals surface area contributed by atoms with Gasteiger partial charge in [-0.2, -0.15) is 0 Å². The fraction of sp³-hybridized carbons (Fsp3) is 0.367. The monoisotopic (exact) mass is 662 g/mol. The molecular weight excluding hydrogens is 627 g/mol. The van der Waals surface area contributed by atoms with Crippen LogP contribution in [0.2, 0.25) is 0 Å². The molecule has 1 atom stereocenters. The van der Waals surface area contributed by atoms with Crippen molar-refractivity contribution in [2.75, 3.05) is 36.6 Å². The third-order valence-corrected chi connectivity index (χ3v) is 9.78. The van der Waals surface area contributed by atoms with Gasteiger partial charge in [0.05, 0.1) is 36.1 Å². The molecule has 1 saturated heterocycles. The van der Waals surface area contributed by atoms with E-state index in [0.29, 0.717) is 5.56 Å². The first-order valence-electron chi connectivity index (χ1n) is 13.8. The van der Waals surface area contributed by atoms with Gasteiger partial charge in [0.1, 0.15) is 5.75 Å². The number of sulfone groups is 1. The Hall–Kier alpha value is -4.24. The number of carbonyl (C=O) groups is 1. The zero-order valence-corrected chi connectivity index (χ0v) is 27.3. The molecule has 15 heteroatoms. The van der Waals surface area contributed by atoms with Gasteiger partial charge in [0.2, 0.25) is 10.0 Å². The molecule has 12 nitrogen and oxygen atoms in total. The number of ether oxygens (including phenoxy) is 1. The lowest BCUT2D eigenvalue weighted by Crippen LogP contribution is -2.38. The molecule has 0 spiro atoms. The molecule has 1 aliphatic rings. The highest BCUT2D eigenvalue weighted by molar-refractivity contribution is 7.92. The molecule has 2 heterocycles. The van der Waals surface area contributed by atoms with Crippen molar-refractivity contribution in [1.82, 2.24) is 14.5 Å². The number of amides is 1. The number of aromatic amines is 1. The lowest BCUT2D eigenvalue weighted by molar-refractivity contribution is 0.0747. The molecule has 3 aromatic rings. The normalized spacial score (nSPS) is 16.6. The first kappa shape index (κ1) is 33.6. The van der Waals surface area contributed by atoms with Crippen LogP contribution in [0.1, 0.15) is 54.2 Å². The van der Waals surface area contributed by atoms with E-state index in [1.54, 1.807) is 0 Å². The topological polar surface area (TPSA) is 165 Å². The molecule has 1 aromatic heterocycles. The van der Waals surface area contributed by atoms with Crippen molar-refractivity contribution in [3.8, 4) is 11.4 Å². The molecule has 0 radical (unpaired) electrons. The number of H-pyrrole nitrogens is 1. The highest BCUT2D eigenvalue weighted by atomic mass is 32.2. The van der Waals surface area contributed by atoms with Gasteiger partial charge in [0.25, 0.3) is 11.5 Å². The van der Waals surface area contributed by atoms with E-state index in [1.807, 2.05) is 20.8 Å². The molecule has 2 N–H and O–H groups in total. The second-order valence-corrected chi connectivity index (χ2v) is 15.9. The Morgan fingerprint density at radius 2 is 1.87 bits per heavy atom. The summed E-state index contributed by atoms with van der Waals surface area (Å²) in [5.74, 6) is -1.49. The number of rotatable bonds is 8. The van der Waals surface area contributed by atoms with Gasteiger partial charge >= 0.3 is 5.69 Å². The van der Waals surface area contributed by atoms with Gasteiger partial charge in [0.15, 0.2) is 15.7 Å². The highest BCUT2D eigenvalue weighted by Gasteiger charge is 2.34. The second kappa shape index (κ2) is 12.3. The molecule has 1 fully saturated rings. The van der Waals surface area contributed by atoms with Crippen LogP contribution in [0.3, 0.4) is 0 Å². The van der Waals surface area contributed by atoms with Crippen LogP contribution in [-0.4, -0.2) is 75.2 Å². The number of aromatic nitrogens is 2. The van der Waals surface area contributed by atoms with E-state index in [0.717, 1.165) is 23.1 Å². The fourth-order valence-corrected chi connectivity index (χ4v) is 7.46. The molecule has 1 aliphatic heterocycles. The van der Waals surface area contributed by atoms with Gasteiger partial charge < -0.3 is 9.64 Å². The Morgan fingerprint density at radius 1 is 1.18 bits per heavy atom. The standard InChI is InChI=1S/C30H35FN4O8S2/c1-30(2,3)23-16-24(35-13-11-25(36)32-29(35)38)26(31)21(27(23)43-5)10-8-18-7-9-19(33-44(6,39)40)15-22(18)28(37)34(4)20-12-14-45(41,42)17-20/h7-11,13,15-16,20,33H,12,14,17H2,1-6H3,(H,32,36,38)/b10-8+. The average molecular weight is 663 g/mol. The minimum atomic E-state index is -3.70. The average Bonchev–Trinajstić information content (AvgIpc) is 3.30. The molecule has 1 amide bonds. The van der Waals surface area contributed by atoms with E-state index in [2.05, 4.69) is 9.71 Å². The van der Waals surface area contributed by atoms with Crippen molar-refractivity contribution >= 4 is 43.6 Å². The third kappa shape index (κ3) is 7.53. The molecule has 0 bridgehead atoms. The number of carbonyl (C=O) groups excluding carboxylic acids is 1. The van der Waals surface area contributed by atoms with Crippen LogP contribution in [0.4, 0.5) is 10.1 Å². The maximum Gasteiger partial charge on any atom is 0.333 e. The predicted octanol–water partition coefficient (Wildman–Crippen LogP) is 2.77. The Kier molecular flexibility index (Phi) is 9.18. The van der Waals surface area contributed by atoms with E-state index < -0.39 is 54.3 Å². The lowest BCUT2D eigenvalue weighted by Gasteiger charge is -2.25. The largest absolute Gasteiger partial charge is 0.496 e. The highest BCUT2D eigenvalue weighted by Crippen LogP contribution is 2.39. The van der Waals surface area contributed by atoms with Crippen molar-refractivity contribution in [2.45, 2.75) is 38.6 Å². The van der Waals surface area contributed by atoms with Crippen molar-refractivity contribution in [3.05, 3.63) is 85.4 Å². The molecule has 4 rings (SSSR count). The van der Waals surface area contributed by atoms with Crippen LogP contribution >= 0.6 is 0 Å². The molecule has 45 heavy (non-hydrogen) atoms. The van der Waals surface area contributed by atoms with Crippen molar-refractivity contribution in [1.29, 1.82) is 0 Å². The number of halogens is 1. The Bertz CT molecular complexity index is 2030. The number of hydrogen-bond donors (Lipinski definition) is 2. The smallest absolute Gasteiger partial charge is 0.333 e. The molecule has 1 unspecified atom stereocenters. The van der Waals surface area contributed by atoms with Gasteiger partial charge in [0, 0.05) is 42.2 Å². The van der Waals surface area contributed by atoms with Crippen LogP contribution in [0.5, 0.6) is 5.75 Å². The minimum Gasteiger partial charge on any atom is -0.496 e. The van der Waals surface area contributed by atoms with Gasteiger partial charge in [-0.3, -0.25) is 23.9 Å². The number of nitrogens with zero attached hydrogens (tertiary/aromatic N) is 2. The van der Waals surface area contributed by atoms with Crippen LogP contribution in [0, 0.1) is 5.82 Å². The summed E-state index contributed by atoms with van der Waals surface area (Å²) in [5, 5.41) is 0. The first-order chi connectivity index (χ1) is 20.8. The van der Waals surface area contributed by atoms with E-state index in [4.69, 9.17) is 4.74 Å². The number of sulfonamides is 1. The van der Waals surface area contributed by atoms with Crippen molar-refractivity contribution < 1.29 is 30.8 Å². The summed E-state index contributed by atoms with van der Waals surface area (Å²) >= 11 is 0. The maximum atomic E-state index is 16.3. The van der Waals surface area contributed by atoms with Crippen LogP contribution in [-0.2, 0) is 25.3 Å². The molecule has 242 valence electrons. The second-order valence-electron chi connectivity index (χ2n) is 11.9. The summed E-state index contributed by atoms with van der Waals surface area (Å²) in [7, 11) is -4.16. The van der Waals surface area contributed by atoms with E-state index in [-0.39, 0.29) is 51.7 Å². The summed E-state index contributed by atoms with van der Waals surface area (Å²) < 4.78 is 73.2. The summed E-state index contributed by atoms with van der Waals surface area (Å²) in [6.07, 6.45) is 5.20. The van der Waals surface area contributed by atoms with Crippen molar-refractivity contribution in [3.63, 3.8) is 0 Å².